The largest absolute Gasteiger partial charge is 0.461 e. The summed E-state index contributed by atoms with van der Waals surface area (Å²) in [5.74, 6) is 0.638. The van der Waals surface area contributed by atoms with Gasteiger partial charge in [0.05, 0.1) is 17.2 Å². The average molecular weight is 366 g/mol. The van der Waals surface area contributed by atoms with Crippen LogP contribution in [0.25, 0.3) is 22.5 Å². The van der Waals surface area contributed by atoms with Gasteiger partial charge in [-0.15, -0.1) is 0 Å². The van der Waals surface area contributed by atoms with Crippen LogP contribution in [0.4, 0.5) is 0 Å². The van der Waals surface area contributed by atoms with Crippen LogP contribution < -0.4 is 4.18 Å². The van der Waals surface area contributed by atoms with Gasteiger partial charge in [-0.2, -0.15) is 13.4 Å². The van der Waals surface area contributed by atoms with Gasteiger partial charge in [0.1, 0.15) is 4.90 Å². The molecule has 2 heterocycles. The van der Waals surface area contributed by atoms with E-state index in [1.807, 2.05) is 6.92 Å². The molecule has 0 radical (unpaired) electrons. The Balaban J connectivity index is 1.84. The lowest BCUT2D eigenvalue weighted by Crippen LogP contribution is -2.11. The Labute approximate surface area is 150 Å². The molecule has 0 bridgehead atoms. The Hall–Kier alpha value is -3.19. The third-order valence-corrected chi connectivity index (χ3v) is 5.03. The minimum atomic E-state index is -4.03. The maximum atomic E-state index is 12.6. The van der Waals surface area contributed by atoms with Gasteiger partial charge in [0.15, 0.2) is 11.6 Å². The van der Waals surface area contributed by atoms with Crippen molar-refractivity contribution in [2.45, 2.75) is 11.8 Å². The predicted molar refractivity (Wildman–Crippen MR) is 96.2 cm³/mol. The molecule has 0 aliphatic carbocycles. The topological polar surface area (TPSA) is 82.3 Å². The summed E-state index contributed by atoms with van der Waals surface area (Å²) in [6, 6.07) is 16.9. The number of fused-ring (bicyclic) bond motifs is 1. The summed E-state index contributed by atoms with van der Waals surface area (Å²) < 4.78 is 36.0. The van der Waals surface area contributed by atoms with E-state index in [1.165, 1.54) is 18.4 Å². The van der Waals surface area contributed by atoms with E-state index in [0.29, 0.717) is 16.7 Å². The second-order valence-corrected chi connectivity index (χ2v) is 7.24. The van der Waals surface area contributed by atoms with E-state index >= 15 is 0 Å². The molecule has 0 atom stereocenters. The number of para-hydroxylation sites is 1. The van der Waals surface area contributed by atoms with Gasteiger partial charge in [-0.25, -0.2) is 4.98 Å². The SMILES string of the molecule is Cc1ccc(S(=O)(=O)Oc2nc(-c3ccco3)nc3ccccc23)cc1. The molecule has 26 heavy (non-hydrogen) atoms. The van der Waals surface area contributed by atoms with Crippen LogP contribution in [0.1, 0.15) is 5.56 Å². The van der Waals surface area contributed by atoms with Crippen LogP contribution in [0.2, 0.25) is 0 Å². The second-order valence-electron chi connectivity index (χ2n) is 5.70. The molecular weight excluding hydrogens is 352 g/mol. The highest BCUT2D eigenvalue weighted by molar-refractivity contribution is 7.87. The van der Waals surface area contributed by atoms with E-state index in [1.54, 1.807) is 48.5 Å². The number of nitrogens with zero attached hydrogens (tertiary/aromatic N) is 2. The molecule has 0 aliphatic heterocycles. The molecule has 2 aromatic heterocycles. The van der Waals surface area contributed by atoms with Crippen molar-refractivity contribution >= 4 is 21.0 Å². The van der Waals surface area contributed by atoms with Gasteiger partial charge in [0, 0.05) is 0 Å². The number of hydrogen-bond donors (Lipinski definition) is 0. The number of furan rings is 1. The zero-order valence-electron chi connectivity index (χ0n) is 13.8. The standard InChI is InChI=1S/C19H14N2O4S/c1-13-8-10-14(11-9-13)26(22,23)25-19-15-5-2-3-6-16(15)20-18(21-19)17-7-4-12-24-17/h2-12H,1H3. The van der Waals surface area contributed by atoms with Gasteiger partial charge in [-0.3, -0.25) is 0 Å². The summed E-state index contributed by atoms with van der Waals surface area (Å²) in [4.78, 5) is 8.74. The van der Waals surface area contributed by atoms with E-state index in [0.717, 1.165) is 5.56 Å². The highest BCUT2D eigenvalue weighted by Gasteiger charge is 2.21. The minimum absolute atomic E-state index is 0.0393. The molecule has 0 unspecified atom stereocenters. The van der Waals surface area contributed by atoms with E-state index in [-0.39, 0.29) is 16.6 Å². The minimum Gasteiger partial charge on any atom is -0.461 e. The first kappa shape index (κ1) is 16.3. The van der Waals surface area contributed by atoms with Crippen LogP contribution in [0.3, 0.4) is 0 Å². The molecule has 2 aromatic carbocycles. The number of aryl methyl sites for hydroxylation is 1. The quantitative estimate of drug-likeness (QED) is 0.508. The molecule has 7 heteroatoms. The molecule has 0 saturated heterocycles. The molecule has 0 saturated carbocycles. The fourth-order valence-electron chi connectivity index (χ4n) is 2.48. The molecule has 4 rings (SSSR count). The Kier molecular flexibility index (Phi) is 3.93. The van der Waals surface area contributed by atoms with Gasteiger partial charge in [0.25, 0.3) is 0 Å². The van der Waals surface area contributed by atoms with Gasteiger partial charge >= 0.3 is 10.1 Å². The second kappa shape index (κ2) is 6.27. The van der Waals surface area contributed by atoms with Crippen molar-refractivity contribution < 1.29 is 17.0 Å². The third kappa shape index (κ3) is 3.04. The van der Waals surface area contributed by atoms with Gasteiger partial charge in [0.2, 0.25) is 5.88 Å². The number of aromatic nitrogens is 2. The van der Waals surface area contributed by atoms with Crippen LogP contribution >= 0.6 is 0 Å². The number of benzene rings is 2. The Morgan fingerprint density at radius 2 is 1.69 bits per heavy atom. The summed E-state index contributed by atoms with van der Waals surface area (Å²) in [5.41, 5.74) is 1.51. The Morgan fingerprint density at radius 3 is 2.42 bits per heavy atom. The third-order valence-electron chi connectivity index (χ3n) is 3.81. The fourth-order valence-corrected chi connectivity index (χ4v) is 3.38. The number of hydrogen-bond acceptors (Lipinski definition) is 6. The lowest BCUT2D eigenvalue weighted by Gasteiger charge is -2.10. The van der Waals surface area contributed by atoms with E-state index < -0.39 is 10.1 Å². The Morgan fingerprint density at radius 1 is 0.923 bits per heavy atom. The van der Waals surface area contributed by atoms with Crippen molar-refractivity contribution in [1.82, 2.24) is 9.97 Å². The normalized spacial score (nSPS) is 11.6. The van der Waals surface area contributed by atoms with Gasteiger partial charge in [-0.1, -0.05) is 29.8 Å². The highest BCUT2D eigenvalue weighted by atomic mass is 32.2. The van der Waals surface area contributed by atoms with Gasteiger partial charge in [-0.05, 0) is 43.3 Å². The molecule has 0 amide bonds. The monoisotopic (exact) mass is 366 g/mol. The van der Waals surface area contributed by atoms with Crippen molar-refractivity contribution in [3.8, 4) is 17.5 Å². The van der Waals surface area contributed by atoms with Crippen molar-refractivity contribution in [3.05, 3.63) is 72.5 Å². The summed E-state index contributed by atoms with van der Waals surface area (Å²) in [6.45, 7) is 1.88. The van der Waals surface area contributed by atoms with Gasteiger partial charge < -0.3 is 8.60 Å². The van der Waals surface area contributed by atoms with Crippen molar-refractivity contribution in [2.24, 2.45) is 0 Å². The molecule has 0 aliphatic rings. The fraction of sp³-hybridized carbons (Fsp3) is 0.0526. The maximum Gasteiger partial charge on any atom is 0.340 e. The molecule has 0 N–H and O–H groups in total. The van der Waals surface area contributed by atoms with E-state index in [2.05, 4.69) is 9.97 Å². The Bertz CT molecular complexity index is 1170. The maximum absolute atomic E-state index is 12.6. The van der Waals surface area contributed by atoms with Crippen molar-refractivity contribution in [1.29, 1.82) is 0 Å². The van der Waals surface area contributed by atoms with E-state index in [4.69, 9.17) is 8.60 Å². The molecular formula is C19H14N2O4S. The summed E-state index contributed by atoms with van der Waals surface area (Å²) in [7, 11) is -4.03. The summed E-state index contributed by atoms with van der Waals surface area (Å²) in [6.07, 6.45) is 1.50. The van der Waals surface area contributed by atoms with Crippen LogP contribution in [0, 0.1) is 6.92 Å². The van der Waals surface area contributed by atoms with Crippen LogP contribution in [0.5, 0.6) is 5.88 Å². The van der Waals surface area contributed by atoms with Crippen LogP contribution in [-0.4, -0.2) is 18.4 Å². The highest BCUT2D eigenvalue weighted by Crippen LogP contribution is 2.29. The van der Waals surface area contributed by atoms with Crippen molar-refractivity contribution in [3.63, 3.8) is 0 Å². The molecule has 0 spiro atoms. The summed E-state index contributed by atoms with van der Waals surface area (Å²) in [5, 5.41) is 0.499. The van der Waals surface area contributed by atoms with E-state index in [9.17, 15) is 8.42 Å². The first-order chi connectivity index (χ1) is 12.5. The van der Waals surface area contributed by atoms with Crippen LogP contribution in [-0.2, 0) is 10.1 Å². The summed E-state index contributed by atoms with van der Waals surface area (Å²) >= 11 is 0. The molecule has 0 fully saturated rings. The predicted octanol–water partition coefficient (Wildman–Crippen LogP) is 3.97. The van der Waals surface area contributed by atoms with Crippen molar-refractivity contribution in [2.75, 3.05) is 0 Å². The van der Waals surface area contributed by atoms with Crippen LogP contribution in [0.15, 0.2) is 76.2 Å². The smallest absolute Gasteiger partial charge is 0.340 e. The molecule has 6 nitrogen and oxygen atoms in total. The molecule has 4 aromatic rings. The lowest BCUT2D eigenvalue weighted by atomic mass is 10.2. The first-order valence-corrected chi connectivity index (χ1v) is 9.25. The zero-order valence-corrected chi connectivity index (χ0v) is 14.6. The number of rotatable bonds is 4. The molecule has 130 valence electrons. The lowest BCUT2D eigenvalue weighted by molar-refractivity contribution is 0.478. The zero-order chi connectivity index (χ0) is 18.1. The average Bonchev–Trinajstić information content (AvgIpc) is 3.16. The first-order valence-electron chi connectivity index (χ1n) is 7.85.